The number of hydrogen-bond acceptors (Lipinski definition) is 1. The highest BCUT2D eigenvalue weighted by atomic mass is 79.9. The lowest BCUT2D eigenvalue weighted by atomic mass is 9.99. The summed E-state index contributed by atoms with van der Waals surface area (Å²) in [6.45, 7) is 4.30. The van der Waals surface area contributed by atoms with Gasteiger partial charge in [-0.15, -0.1) is 0 Å². The summed E-state index contributed by atoms with van der Waals surface area (Å²) >= 11 is 2.98. The van der Waals surface area contributed by atoms with Crippen LogP contribution in [-0.4, -0.2) is 4.69 Å². The van der Waals surface area contributed by atoms with Gasteiger partial charge in [-0.3, -0.25) is 4.79 Å². The van der Waals surface area contributed by atoms with E-state index in [1.807, 2.05) is 24.3 Å². The van der Waals surface area contributed by atoms with Crippen LogP contribution in [-0.2, 0) is 6.42 Å². The van der Waals surface area contributed by atoms with E-state index in [1.165, 1.54) is 0 Å². The maximum Gasteiger partial charge on any atom is 0.228 e. The molecule has 0 bridgehead atoms. The van der Waals surface area contributed by atoms with Gasteiger partial charge < -0.3 is 0 Å². The van der Waals surface area contributed by atoms with Gasteiger partial charge in [-0.05, 0) is 33.8 Å². The van der Waals surface area contributed by atoms with Crippen LogP contribution in [0.1, 0.15) is 29.8 Å². The van der Waals surface area contributed by atoms with Gasteiger partial charge in [0.25, 0.3) is 0 Å². The number of carbonyl (C=O) groups is 1. The summed E-state index contributed by atoms with van der Waals surface area (Å²) in [6, 6.07) is 7.72. The van der Waals surface area contributed by atoms with Crippen molar-refractivity contribution in [2.24, 2.45) is 5.92 Å². The van der Waals surface area contributed by atoms with Crippen LogP contribution >= 0.6 is 15.9 Å². The average Bonchev–Trinajstić information content (AvgIpc) is 2.03. The second-order valence-corrected chi connectivity index (χ2v) is 4.25. The zero-order chi connectivity index (χ0) is 9.84. The molecule has 0 fully saturated rings. The third-order valence-electron chi connectivity index (χ3n) is 1.86. The Kier molecular flexibility index (Phi) is 3.67. The Bertz CT molecular complexity index is 305. The second-order valence-electron chi connectivity index (χ2n) is 3.53. The fourth-order valence-corrected chi connectivity index (χ4v) is 1.72. The zero-order valence-electron chi connectivity index (χ0n) is 7.88. The molecule has 2 heteroatoms. The summed E-state index contributed by atoms with van der Waals surface area (Å²) in [6.07, 6.45) is 0.952. The van der Waals surface area contributed by atoms with E-state index in [-0.39, 0.29) is 4.69 Å². The van der Waals surface area contributed by atoms with E-state index in [9.17, 15) is 4.79 Å². The molecule has 0 unspecified atom stereocenters. The average molecular weight is 241 g/mol. The highest BCUT2D eigenvalue weighted by Crippen LogP contribution is 2.16. The van der Waals surface area contributed by atoms with Gasteiger partial charge in [0.2, 0.25) is 4.69 Å². The second kappa shape index (κ2) is 4.56. The lowest BCUT2D eigenvalue weighted by molar-refractivity contribution is 0.109. The lowest BCUT2D eigenvalue weighted by Crippen LogP contribution is -2.01. The molecule has 0 amide bonds. The molecule has 1 rings (SSSR count). The smallest absolute Gasteiger partial charge is 0.228 e. The van der Waals surface area contributed by atoms with Crippen LogP contribution in [0, 0.1) is 5.92 Å². The Hall–Kier alpha value is -0.630. The largest absolute Gasteiger partial charge is 0.281 e. The fraction of sp³-hybridized carbons (Fsp3) is 0.364. The summed E-state index contributed by atoms with van der Waals surface area (Å²) in [4.78, 5) is 11.2. The van der Waals surface area contributed by atoms with Crippen molar-refractivity contribution in [3.05, 3.63) is 35.4 Å². The Balaban J connectivity index is 2.98. The molecule has 0 N–H and O–H groups in total. The Morgan fingerprint density at radius 3 is 2.54 bits per heavy atom. The van der Waals surface area contributed by atoms with E-state index < -0.39 is 0 Å². The van der Waals surface area contributed by atoms with Crippen molar-refractivity contribution in [1.82, 2.24) is 0 Å². The van der Waals surface area contributed by atoms with Crippen LogP contribution in [0.3, 0.4) is 0 Å². The molecule has 0 heterocycles. The molecule has 0 radical (unpaired) electrons. The third kappa shape index (κ3) is 2.96. The molecule has 0 aliphatic rings. The van der Waals surface area contributed by atoms with Gasteiger partial charge in [0.15, 0.2) is 0 Å². The fourth-order valence-electron chi connectivity index (χ4n) is 1.33. The minimum absolute atomic E-state index is 0.0243. The molecule has 1 aromatic rings. The van der Waals surface area contributed by atoms with Gasteiger partial charge in [0.05, 0.1) is 0 Å². The molecule has 0 saturated heterocycles. The molecular formula is C11H13BrO. The first-order valence-corrected chi connectivity index (χ1v) is 5.18. The van der Waals surface area contributed by atoms with Crippen molar-refractivity contribution in [2.45, 2.75) is 20.3 Å². The maximum atomic E-state index is 11.2. The summed E-state index contributed by atoms with van der Waals surface area (Å²) in [5.41, 5.74) is 1.91. The Morgan fingerprint density at radius 1 is 1.38 bits per heavy atom. The highest BCUT2D eigenvalue weighted by Gasteiger charge is 2.08. The molecule has 1 aromatic carbocycles. The number of halogens is 1. The van der Waals surface area contributed by atoms with Crippen molar-refractivity contribution in [1.29, 1.82) is 0 Å². The predicted molar refractivity (Wildman–Crippen MR) is 58.2 cm³/mol. The van der Waals surface area contributed by atoms with E-state index in [2.05, 4.69) is 29.8 Å². The minimum atomic E-state index is -0.0243. The summed E-state index contributed by atoms with van der Waals surface area (Å²) < 4.78 is -0.0243. The molecule has 0 aliphatic carbocycles. The highest BCUT2D eigenvalue weighted by molar-refractivity contribution is 9.18. The minimum Gasteiger partial charge on any atom is -0.281 e. The van der Waals surface area contributed by atoms with E-state index in [1.54, 1.807) is 0 Å². The molecular weight excluding hydrogens is 228 g/mol. The van der Waals surface area contributed by atoms with Gasteiger partial charge in [0, 0.05) is 5.56 Å². The van der Waals surface area contributed by atoms with Crippen molar-refractivity contribution in [2.75, 3.05) is 0 Å². The first kappa shape index (κ1) is 10.5. The summed E-state index contributed by atoms with van der Waals surface area (Å²) in [5.74, 6) is 0.577. The molecule has 0 aliphatic heterocycles. The normalized spacial score (nSPS) is 10.5. The number of hydrogen-bond donors (Lipinski definition) is 0. The standard InChI is InChI=1S/C11H13BrO/c1-8(2)7-9-5-3-4-6-10(9)11(12)13/h3-6,8H,7H2,1-2H3. The van der Waals surface area contributed by atoms with E-state index in [4.69, 9.17) is 0 Å². The molecule has 0 atom stereocenters. The summed E-state index contributed by atoms with van der Waals surface area (Å²) in [7, 11) is 0. The van der Waals surface area contributed by atoms with Gasteiger partial charge in [0.1, 0.15) is 0 Å². The molecule has 0 aromatic heterocycles. The van der Waals surface area contributed by atoms with Crippen LogP contribution in [0.15, 0.2) is 24.3 Å². The van der Waals surface area contributed by atoms with Crippen molar-refractivity contribution < 1.29 is 4.79 Å². The number of rotatable bonds is 3. The van der Waals surface area contributed by atoms with Gasteiger partial charge >= 0.3 is 0 Å². The van der Waals surface area contributed by atoms with E-state index >= 15 is 0 Å². The van der Waals surface area contributed by atoms with Gasteiger partial charge in [-0.2, -0.15) is 0 Å². The van der Waals surface area contributed by atoms with Gasteiger partial charge in [-0.1, -0.05) is 38.1 Å². The third-order valence-corrected chi connectivity index (χ3v) is 2.28. The summed E-state index contributed by atoms with van der Waals surface area (Å²) in [5, 5.41) is 0. The Morgan fingerprint density at radius 2 is 2.00 bits per heavy atom. The number of carbonyl (C=O) groups excluding carboxylic acids is 1. The zero-order valence-corrected chi connectivity index (χ0v) is 9.47. The number of benzene rings is 1. The van der Waals surface area contributed by atoms with Crippen LogP contribution in [0.2, 0.25) is 0 Å². The van der Waals surface area contributed by atoms with Crippen molar-refractivity contribution >= 4 is 20.6 Å². The van der Waals surface area contributed by atoms with Crippen molar-refractivity contribution in [3.8, 4) is 0 Å². The lowest BCUT2D eigenvalue weighted by Gasteiger charge is -2.07. The molecule has 0 spiro atoms. The quantitative estimate of drug-likeness (QED) is 0.741. The van der Waals surface area contributed by atoms with Gasteiger partial charge in [-0.25, -0.2) is 0 Å². The SMILES string of the molecule is CC(C)Cc1ccccc1C(=O)Br. The van der Waals surface area contributed by atoms with Crippen LogP contribution in [0.4, 0.5) is 0 Å². The molecule has 13 heavy (non-hydrogen) atoms. The van der Waals surface area contributed by atoms with Crippen LogP contribution in [0.5, 0.6) is 0 Å². The first-order valence-electron chi connectivity index (χ1n) is 4.39. The molecule has 1 nitrogen and oxygen atoms in total. The molecule has 0 saturated carbocycles. The predicted octanol–water partition coefficient (Wildman–Crippen LogP) is 3.42. The van der Waals surface area contributed by atoms with Crippen LogP contribution in [0.25, 0.3) is 0 Å². The molecule has 70 valence electrons. The van der Waals surface area contributed by atoms with Crippen LogP contribution < -0.4 is 0 Å². The van der Waals surface area contributed by atoms with E-state index in [0.717, 1.165) is 17.5 Å². The van der Waals surface area contributed by atoms with E-state index in [0.29, 0.717) is 5.92 Å². The topological polar surface area (TPSA) is 17.1 Å². The first-order chi connectivity index (χ1) is 6.11. The maximum absolute atomic E-state index is 11.2. The Labute approximate surface area is 87.3 Å². The monoisotopic (exact) mass is 240 g/mol. The van der Waals surface area contributed by atoms with Crippen molar-refractivity contribution in [3.63, 3.8) is 0 Å².